The van der Waals surface area contributed by atoms with E-state index in [0.29, 0.717) is 19.7 Å². The number of pyridine rings is 1. The standard InChI is InChI=1S/C12H13F2IN2O/c13-12(14)2-4-17(5-3-12)11-10-8(1-6-18-10)7-9(15)16-11/h7H,1-6H2. The van der Waals surface area contributed by atoms with E-state index in [-0.39, 0.29) is 12.8 Å². The number of nitrogens with zero attached hydrogens (tertiary/aromatic N) is 2. The highest BCUT2D eigenvalue weighted by Gasteiger charge is 2.36. The van der Waals surface area contributed by atoms with Crippen LogP contribution in [-0.4, -0.2) is 30.6 Å². The van der Waals surface area contributed by atoms with Gasteiger partial charge in [0.25, 0.3) is 5.92 Å². The van der Waals surface area contributed by atoms with Crippen LogP contribution in [0.25, 0.3) is 0 Å². The van der Waals surface area contributed by atoms with Crippen molar-refractivity contribution in [1.82, 2.24) is 4.98 Å². The maximum Gasteiger partial charge on any atom is 0.251 e. The highest BCUT2D eigenvalue weighted by molar-refractivity contribution is 14.1. The third-order valence-corrected chi connectivity index (χ3v) is 3.97. The van der Waals surface area contributed by atoms with Gasteiger partial charge in [-0.05, 0) is 28.7 Å². The summed E-state index contributed by atoms with van der Waals surface area (Å²) >= 11 is 2.16. The van der Waals surface area contributed by atoms with Crippen molar-refractivity contribution in [1.29, 1.82) is 0 Å². The molecule has 0 bridgehead atoms. The van der Waals surface area contributed by atoms with Crippen LogP contribution in [0.5, 0.6) is 5.75 Å². The molecule has 0 saturated carbocycles. The Morgan fingerprint density at radius 3 is 2.78 bits per heavy atom. The number of hydrogen-bond acceptors (Lipinski definition) is 3. The van der Waals surface area contributed by atoms with Crippen molar-refractivity contribution in [2.24, 2.45) is 0 Å². The minimum absolute atomic E-state index is 0.102. The maximum absolute atomic E-state index is 13.2. The summed E-state index contributed by atoms with van der Waals surface area (Å²) in [4.78, 5) is 6.38. The zero-order chi connectivity index (χ0) is 12.8. The van der Waals surface area contributed by atoms with Gasteiger partial charge in [-0.25, -0.2) is 13.8 Å². The lowest BCUT2D eigenvalue weighted by molar-refractivity contribution is -0.0222. The van der Waals surface area contributed by atoms with Crippen LogP contribution in [0.4, 0.5) is 14.6 Å². The Kier molecular flexibility index (Phi) is 3.07. The summed E-state index contributed by atoms with van der Waals surface area (Å²) in [5, 5.41) is 0. The zero-order valence-corrected chi connectivity index (χ0v) is 11.9. The van der Waals surface area contributed by atoms with Crippen molar-refractivity contribution < 1.29 is 13.5 Å². The molecule has 2 aliphatic rings. The molecule has 1 fully saturated rings. The second-order valence-electron chi connectivity index (χ2n) is 4.70. The molecule has 3 rings (SSSR count). The number of hydrogen-bond donors (Lipinski definition) is 0. The van der Waals surface area contributed by atoms with Crippen molar-refractivity contribution in [2.75, 3.05) is 24.6 Å². The van der Waals surface area contributed by atoms with Crippen LogP contribution in [0.1, 0.15) is 18.4 Å². The Labute approximate surface area is 118 Å². The number of piperidine rings is 1. The SMILES string of the molecule is FC1(F)CCN(c2nc(I)cc3c2OCC3)CC1. The highest BCUT2D eigenvalue weighted by atomic mass is 127. The molecule has 18 heavy (non-hydrogen) atoms. The molecule has 0 atom stereocenters. The van der Waals surface area contributed by atoms with Gasteiger partial charge in [0, 0.05) is 37.9 Å². The average Bonchev–Trinajstić information content (AvgIpc) is 2.76. The first-order valence-corrected chi connectivity index (χ1v) is 7.08. The predicted molar refractivity (Wildman–Crippen MR) is 72.5 cm³/mol. The van der Waals surface area contributed by atoms with Gasteiger partial charge in [0.2, 0.25) is 0 Å². The number of alkyl halides is 2. The van der Waals surface area contributed by atoms with E-state index in [2.05, 4.69) is 27.6 Å². The van der Waals surface area contributed by atoms with Gasteiger partial charge in [-0.3, -0.25) is 0 Å². The van der Waals surface area contributed by atoms with E-state index in [1.807, 2.05) is 11.0 Å². The Bertz CT molecular complexity index is 471. The third-order valence-electron chi connectivity index (χ3n) is 3.41. The molecule has 0 aliphatic carbocycles. The lowest BCUT2D eigenvalue weighted by Crippen LogP contribution is -2.40. The molecular weight excluding hydrogens is 353 g/mol. The third kappa shape index (κ3) is 2.26. The van der Waals surface area contributed by atoms with Gasteiger partial charge < -0.3 is 9.64 Å². The lowest BCUT2D eigenvalue weighted by atomic mass is 10.1. The molecule has 1 saturated heterocycles. The molecule has 0 radical (unpaired) electrons. The van der Waals surface area contributed by atoms with Gasteiger partial charge in [-0.15, -0.1) is 0 Å². The molecular formula is C12H13F2IN2O. The molecule has 0 aromatic carbocycles. The van der Waals surface area contributed by atoms with Crippen molar-refractivity contribution >= 4 is 28.4 Å². The fourth-order valence-electron chi connectivity index (χ4n) is 2.40. The number of anilines is 1. The van der Waals surface area contributed by atoms with E-state index in [1.165, 1.54) is 0 Å². The van der Waals surface area contributed by atoms with Crippen LogP contribution in [-0.2, 0) is 6.42 Å². The highest BCUT2D eigenvalue weighted by Crippen LogP contribution is 2.38. The second-order valence-corrected chi connectivity index (χ2v) is 5.80. The Morgan fingerprint density at radius 1 is 1.33 bits per heavy atom. The summed E-state index contributed by atoms with van der Waals surface area (Å²) in [6.07, 6.45) is 0.675. The molecule has 98 valence electrons. The number of aromatic nitrogens is 1. The largest absolute Gasteiger partial charge is 0.489 e. The van der Waals surface area contributed by atoms with Crippen LogP contribution < -0.4 is 9.64 Å². The van der Waals surface area contributed by atoms with Gasteiger partial charge in [0.05, 0.1) is 6.61 Å². The number of halogens is 3. The van der Waals surface area contributed by atoms with E-state index in [1.54, 1.807) is 0 Å². The van der Waals surface area contributed by atoms with Crippen molar-refractivity contribution in [3.05, 3.63) is 15.3 Å². The van der Waals surface area contributed by atoms with E-state index >= 15 is 0 Å². The van der Waals surface area contributed by atoms with E-state index in [4.69, 9.17) is 4.74 Å². The Morgan fingerprint density at radius 2 is 2.06 bits per heavy atom. The minimum atomic E-state index is -2.53. The summed E-state index contributed by atoms with van der Waals surface area (Å²) in [6, 6.07) is 2.00. The second kappa shape index (κ2) is 4.47. The monoisotopic (exact) mass is 366 g/mol. The molecule has 1 aromatic rings. The topological polar surface area (TPSA) is 25.4 Å². The first-order chi connectivity index (χ1) is 8.55. The summed E-state index contributed by atoms with van der Waals surface area (Å²) in [7, 11) is 0. The summed E-state index contributed by atoms with van der Waals surface area (Å²) < 4.78 is 32.8. The number of rotatable bonds is 1. The molecule has 0 amide bonds. The fourth-order valence-corrected chi connectivity index (χ4v) is 3.01. The minimum Gasteiger partial charge on any atom is -0.489 e. The molecule has 0 unspecified atom stereocenters. The number of fused-ring (bicyclic) bond motifs is 1. The normalized spacial score (nSPS) is 21.6. The summed E-state index contributed by atoms with van der Waals surface area (Å²) in [5.41, 5.74) is 1.14. The molecule has 2 aliphatic heterocycles. The first kappa shape index (κ1) is 12.4. The van der Waals surface area contributed by atoms with Crippen molar-refractivity contribution in [2.45, 2.75) is 25.2 Å². The summed E-state index contributed by atoms with van der Waals surface area (Å²) in [6.45, 7) is 1.35. The van der Waals surface area contributed by atoms with E-state index in [0.717, 1.165) is 27.3 Å². The Balaban J connectivity index is 1.89. The molecule has 3 nitrogen and oxygen atoms in total. The van der Waals surface area contributed by atoms with Gasteiger partial charge in [-0.2, -0.15) is 0 Å². The van der Waals surface area contributed by atoms with Crippen LogP contribution in [0.3, 0.4) is 0 Å². The fraction of sp³-hybridized carbons (Fsp3) is 0.583. The van der Waals surface area contributed by atoms with Crippen LogP contribution >= 0.6 is 22.6 Å². The molecule has 0 spiro atoms. The predicted octanol–water partition coefficient (Wildman–Crippen LogP) is 2.86. The van der Waals surface area contributed by atoms with Gasteiger partial charge in [0.1, 0.15) is 3.70 Å². The zero-order valence-electron chi connectivity index (χ0n) is 9.76. The quantitative estimate of drug-likeness (QED) is 0.565. The summed E-state index contributed by atoms with van der Waals surface area (Å²) in [5.74, 6) is -0.992. The molecule has 6 heteroatoms. The number of ether oxygens (including phenoxy) is 1. The van der Waals surface area contributed by atoms with Crippen molar-refractivity contribution in [3.8, 4) is 5.75 Å². The maximum atomic E-state index is 13.2. The van der Waals surface area contributed by atoms with Crippen molar-refractivity contribution in [3.63, 3.8) is 0 Å². The smallest absolute Gasteiger partial charge is 0.251 e. The Hall–Kier alpha value is -0.660. The molecule has 3 heterocycles. The van der Waals surface area contributed by atoms with Gasteiger partial charge in [-0.1, -0.05) is 0 Å². The molecule has 1 aromatic heterocycles. The van der Waals surface area contributed by atoms with E-state index in [9.17, 15) is 8.78 Å². The lowest BCUT2D eigenvalue weighted by Gasteiger charge is -2.33. The van der Waals surface area contributed by atoms with Gasteiger partial charge in [0.15, 0.2) is 11.6 Å². The first-order valence-electron chi connectivity index (χ1n) is 6.00. The van der Waals surface area contributed by atoms with E-state index < -0.39 is 5.92 Å². The average molecular weight is 366 g/mol. The molecule has 0 N–H and O–H groups in total. The van der Waals surface area contributed by atoms with Crippen LogP contribution in [0.15, 0.2) is 6.07 Å². The van der Waals surface area contributed by atoms with Crippen LogP contribution in [0, 0.1) is 3.70 Å². The van der Waals surface area contributed by atoms with Gasteiger partial charge >= 0.3 is 0 Å². The van der Waals surface area contributed by atoms with Crippen LogP contribution in [0.2, 0.25) is 0 Å².